The third kappa shape index (κ3) is 3.91. The lowest BCUT2D eigenvalue weighted by Crippen LogP contribution is -2.09. The molecule has 0 amide bonds. The van der Waals surface area contributed by atoms with E-state index in [1.165, 1.54) is 0 Å². The van der Waals surface area contributed by atoms with Crippen molar-refractivity contribution in [3.05, 3.63) is 82.1 Å². The second-order valence-electron chi connectivity index (χ2n) is 5.94. The summed E-state index contributed by atoms with van der Waals surface area (Å²) in [5.41, 5.74) is 5.16. The SMILES string of the molecule is Cc1nn(Cc2ccccc2Cl)c(C)c1/C=N/N(C)c1ccccc1. The molecular weight excluding hydrogens is 332 g/mol. The number of para-hydroxylation sites is 1. The van der Waals surface area contributed by atoms with Crippen molar-refractivity contribution in [3.63, 3.8) is 0 Å². The lowest BCUT2D eigenvalue weighted by atomic mass is 10.2. The quantitative estimate of drug-likeness (QED) is 0.493. The van der Waals surface area contributed by atoms with E-state index in [0.29, 0.717) is 6.54 Å². The summed E-state index contributed by atoms with van der Waals surface area (Å²) < 4.78 is 1.97. The monoisotopic (exact) mass is 352 g/mol. The van der Waals surface area contributed by atoms with Gasteiger partial charge in [-0.1, -0.05) is 48.0 Å². The lowest BCUT2D eigenvalue weighted by Gasteiger charge is -2.12. The molecule has 2 aromatic carbocycles. The Balaban J connectivity index is 1.82. The zero-order chi connectivity index (χ0) is 17.8. The summed E-state index contributed by atoms with van der Waals surface area (Å²) in [4.78, 5) is 0. The smallest absolute Gasteiger partial charge is 0.0685 e. The van der Waals surface area contributed by atoms with Gasteiger partial charge in [0.1, 0.15) is 0 Å². The van der Waals surface area contributed by atoms with Crippen LogP contribution in [0.5, 0.6) is 0 Å². The van der Waals surface area contributed by atoms with Gasteiger partial charge in [-0.15, -0.1) is 0 Å². The van der Waals surface area contributed by atoms with Crippen molar-refractivity contribution in [1.29, 1.82) is 0 Å². The Hall–Kier alpha value is -2.59. The number of rotatable bonds is 5. The Morgan fingerprint density at radius 2 is 1.76 bits per heavy atom. The molecule has 0 radical (unpaired) electrons. The highest BCUT2D eigenvalue weighted by molar-refractivity contribution is 6.31. The number of anilines is 1. The molecule has 0 spiro atoms. The normalized spacial score (nSPS) is 11.2. The molecule has 4 nitrogen and oxygen atoms in total. The first kappa shape index (κ1) is 17.2. The van der Waals surface area contributed by atoms with Gasteiger partial charge in [0.2, 0.25) is 0 Å². The summed E-state index contributed by atoms with van der Waals surface area (Å²) in [5, 5.41) is 11.8. The molecule has 25 heavy (non-hydrogen) atoms. The van der Waals surface area contributed by atoms with Crippen molar-refractivity contribution in [2.75, 3.05) is 12.1 Å². The number of aromatic nitrogens is 2. The number of benzene rings is 2. The predicted octanol–water partition coefficient (Wildman–Crippen LogP) is 4.67. The number of aryl methyl sites for hydroxylation is 1. The van der Waals surface area contributed by atoms with Gasteiger partial charge in [-0.3, -0.25) is 9.69 Å². The van der Waals surface area contributed by atoms with Crippen molar-refractivity contribution in [3.8, 4) is 0 Å². The number of nitrogens with zero attached hydrogens (tertiary/aromatic N) is 4. The highest BCUT2D eigenvalue weighted by atomic mass is 35.5. The first-order valence-electron chi connectivity index (χ1n) is 8.16. The molecule has 0 aliphatic carbocycles. The van der Waals surface area contributed by atoms with Crippen LogP contribution >= 0.6 is 11.6 Å². The molecule has 0 saturated heterocycles. The molecule has 3 aromatic rings. The average molecular weight is 353 g/mol. The van der Waals surface area contributed by atoms with Gasteiger partial charge in [0.15, 0.2) is 0 Å². The van der Waals surface area contributed by atoms with Crippen LogP contribution in [0.15, 0.2) is 59.7 Å². The Morgan fingerprint density at radius 3 is 2.48 bits per heavy atom. The van der Waals surface area contributed by atoms with Crippen LogP contribution in [-0.2, 0) is 6.54 Å². The molecule has 0 aliphatic heterocycles. The van der Waals surface area contributed by atoms with Gasteiger partial charge in [0.25, 0.3) is 0 Å². The zero-order valence-electron chi connectivity index (χ0n) is 14.6. The van der Waals surface area contributed by atoms with E-state index in [4.69, 9.17) is 11.6 Å². The molecule has 1 heterocycles. The minimum absolute atomic E-state index is 0.648. The van der Waals surface area contributed by atoms with Crippen molar-refractivity contribution in [1.82, 2.24) is 9.78 Å². The fourth-order valence-corrected chi connectivity index (χ4v) is 2.89. The molecule has 0 unspecified atom stereocenters. The summed E-state index contributed by atoms with van der Waals surface area (Å²) >= 11 is 6.27. The minimum Gasteiger partial charge on any atom is -0.269 e. The van der Waals surface area contributed by atoms with E-state index in [1.54, 1.807) is 0 Å². The van der Waals surface area contributed by atoms with Gasteiger partial charge >= 0.3 is 0 Å². The first-order valence-corrected chi connectivity index (χ1v) is 8.54. The molecule has 128 valence electrons. The van der Waals surface area contributed by atoms with Crippen LogP contribution in [0.3, 0.4) is 0 Å². The molecule has 0 fully saturated rings. The molecule has 5 heteroatoms. The average Bonchev–Trinajstić information content (AvgIpc) is 2.89. The third-order valence-electron chi connectivity index (χ3n) is 4.21. The van der Waals surface area contributed by atoms with E-state index < -0.39 is 0 Å². The van der Waals surface area contributed by atoms with Crippen LogP contribution in [0.4, 0.5) is 5.69 Å². The van der Waals surface area contributed by atoms with Gasteiger partial charge in [-0.05, 0) is 37.6 Å². The van der Waals surface area contributed by atoms with E-state index in [0.717, 1.165) is 33.2 Å². The van der Waals surface area contributed by atoms with Crippen molar-refractivity contribution in [2.24, 2.45) is 5.10 Å². The maximum atomic E-state index is 6.27. The van der Waals surface area contributed by atoms with Crippen LogP contribution in [0.2, 0.25) is 5.02 Å². The van der Waals surface area contributed by atoms with Crippen LogP contribution in [0.1, 0.15) is 22.5 Å². The Bertz CT molecular complexity index is 884. The highest BCUT2D eigenvalue weighted by Gasteiger charge is 2.11. The molecule has 0 atom stereocenters. The van der Waals surface area contributed by atoms with Crippen molar-refractivity contribution < 1.29 is 0 Å². The number of hydrogen-bond donors (Lipinski definition) is 0. The van der Waals surface area contributed by atoms with E-state index in [9.17, 15) is 0 Å². The second kappa shape index (κ2) is 7.53. The van der Waals surface area contributed by atoms with E-state index in [1.807, 2.05) is 84.5 Å². The Labute approximate surface area is 153 Å². The Morgan fingerprint density at radius 1 is 1.08 bits per heavy atom. The molecule has 3 rings (SSSR count). The van der Waals surface area contributed by atoms with Gasteiger partial charge < -0.3 is 0 Å². The van der Waals surface area contributed by atoms with Crippen molar-refractivity contribution in [2.45, 2.75) is 20.4 Å². The first-order chi connectivity index (χ1) is 12.1. The topological polar surface area (TPSA) is 33.4 Å². The van der Waals surface area contributed by atoms with Gasteiger partial charge in [0.05, 0.1) is 24.1 Å². The summed E-state index contributed by atoms with van der Waals surface area (Å²) in [5.74, 6) is 0. The summed E-state index contributed by atoms with van der Waals surface area (Å²) in [6.07, 6.45) is 1.87. The van der Waals surface area contributed by atoms with Crippen LogP contribution in [0.25, 0.3) is 0 Å². The summed E-state index contributed by atoms with van der Waals surface area (Å²) in [6, 6.07) is 17.9. The van der Waals surface area contributed by atoms with E-state index in [-0.39, 0.29) is 0 Å². The van der Waals surface area contributed by atoms with Gasteiger partial charge in [-0.2, -0.15) is 10.2 Å². The maximum Gasteiger partial charge on any atom is 0.0685 e. The second-order valence-corrected chi connectivity index (χ2v) is 6.34. The van der Waals surface area contributed by atoms with Crippen molar-refractivity contribution >= 4 is 23.5 Å². The molecule has 0 N–H and O–H groups in total. The number of halogens is 1. The fraction of sp³-hybridized carbons (Fsp3) is 0.200. The summed E-state index contributed by atoms with van der Waals surface area (Å²) in [7, 11) is 1.94. The third-order valence-corrected chi connectivity index (χ3v) is 4.57. The molecular formula is C20H21ClN4. The largest absolute Gasteiger partial charge is 0.269 e. The molecule has 0 saturated carbocycles. The Kier molecular flexibility index (Phi) is 5.19. The predicted molar refractivity (Wildman–Crippen MR) is 105 cm³/mol. The number of hydrazone groups is 1. The van der Waals surface area contributed by atoms with Crippen LogP contribution in [0, 0.1) is 13.8 Å². The van der Waals surface area contributed by atoms with Crippen LogP contribution in [-0.4, -0.2) is 23.0 Å². The molecule has 1 aromatic heterocycles. The fourth-order valence-electron chi connectivity index (χ4n) is 2.69. The number of hydrogen-bond acceptors (Lipinski definition) is 3. The lowest BCUT2D eigenvalue weighted by molar-refractivity contribution is 0.659. The zero-order valence-corrected chi connectivity index (χ0v) is 15.4. The molecule has 0 bridgehead atoms. The summed E-state index contributed by atoms with van der Waals surface area (Å²) in [6.45, 7) is 4.70. The van der Waals surface area contributed by atoms with Gasteiger partial charge in [0, 0.05) is 23.3 Å². The van der Waals surface area contributed by atoms with E-state index in [2.05, 4.69) is 17.1 Å². The highest BCUT2D eigenvalue weighted by Crippen LogP contribution is 2.19. The minimum atomic E-state index is 0.648. The maximum absolute atomic E-state index is 6.27. The van der Waals surface area contributed by atoms with Gasteiger partial charge in [-0.25, -0.2) is 0 Å². The van der Waals surface area contributed by atoms with Crippen LogP contribution < -0.4 is 5.01 Å². The van der Waals surface area contributed by atoms with E-state index >= 15 is 0 Å². The molecule has 0 aliphatic rings. The standard InChI is InChI=1S/C20H21ClN4/c1-15-19(13-22-24(3)18-10-5-4-6-11-18)16(2)25(23-15)14-17-9-7-8-12-20(17)21/h4-13H,14H2,1-3H3/b22-13+.